The summed E-state index contributed by atoms with van der Waals surface area (Å²) in [6.45, 7) is 0. The van der Waals surface area contributed by atoms with E-state index in [9.17, 15) is 23.1 Å². The Morgan fingerprint density at radius 3 is 2.57 bits per heavy atom. The third-order valence-corrected chi connectivity index (χ3v) is 4.38. The molecule has 8 heteroatoms. The van der Waals surface area contributed by atoms with Crippen molar-refractivity contribution in [3.05, 3.63) is 29.8 Å². The molecule has 1 heterocycles. The molecular formula is C15H16F3N3O2. The average molecular weight is 327 g/mol. The molecule has 1 amide bonds. The predicted octanol–water partition coefficient (Wildman–Crippen LogP) is 2.52. The van der Waals surface area contributed by atoms with Crippen LogP contribution in [-0.4, -0.2) is 33.6 Å². The minimum absolute atomic E-state index is 0.00938. The molecule has 124 valence electrons. The highest BCUT2D eigenvalue weighted by molar-refractivity contribution is 5.99. The summed E-state index contributed by atoms with van der Waals surface area (Å²) in [5, 5.41) is 14.4. The number of hydrazone groups is 1. The summed E-state index contributed by atoms with van der Waals surface area (Å²) < 4.78 is 40.7. The van der Waals surface area contributed by atoms with Crippen LogP contribution in [0.4, 0.5) is 18.9 Å². The Bertz CT molecular complexity index is 657. The molecule has 0 aromatic heterocycles. The van der Waals surface area contributed by atoms with E-state index >= 15 is 0 Å². The maximum atomic E-state index is 13.6. The molecule has 3 rings (SSSR count). The van der Waals surface area contributed by atoms with Crippen LogP contribution >= 0.6 is 0 Å². The SMILES string of the molecule is Nc1ccc(C(=O)N2N=C3CCCCC3C2(O)C(F)(F)F)cc1. The molecule has 2 atom stereocenters. The Morgan fingerprint density at radius 2 is 1.96 bits per heavy atom. The van der Waals surface area contributed by atoms with E-state index in [0.29, 0.717) is 24.9 Å². The largest absolute Gasteiger partial charge is 0.439 e. The first-order valence-electron chi connectivity index (χ1n) is 7.31. The molecule has 1 aliphatic heterocycles. The Balaban J connectivity index is 2.03. The van der Waals surface area contributed by atoms with E-state index in [0.717, 1.165) is 0 Å². The first kappa shape index (κ1) is 15.8. The summed E-state index contributed by atoms with van der Waals surface area (Å²) in [5.74, 6) is -2.19. The van der Waals surface area contributed by atoms with Crippen molar-refractivity contribution in [1.82, 2.24) is 5.01 Å². The smallest absolute Gasteiger partial charge is 0.399 e. The van der Waals surface area contributed by atoms with Gasteiger partial charge in [-0.05, 0) is 43.5 Å². The second kappa shape index (κ2) is 5.23. The molecule has 1 fully saturated rings. The van der Waals surface area contributed by atoms with Crippen molar-refractivity contribution in [2.45, 2.75) is 37.6 Å². The van der Waals surface area contributed by atoms with Crippen molar-refractivity contribution >= 4 is 17.3 Å². The van der Waals surface area contributed by atoms with Gasteiger partial charge in [0.1, 0.15) is 0 Å². The fourth-order valence-corrected chi connectivity index (χ4v) is 3.17. The van der Waals surface area contributed by atoms with Crippen molar-refractivity contribution in [1.29, 1.82) is 0 Å². The molecule has 2 unspecified atom stereocenters. The van der Waals surface area contributed by atoms with Crippen LogP contribution in [0.15, 0.2) is 29.4 Å². The summed E-state index contributed by atoms with van der Waals surface area (Å²) in [5.41, 5.74) is 2.84. The highest BCUT2D eigenvalue weighted by atomic mass is 19.4. The van der Waals surface area contributed by atoms with Crippen molar-refractivity contribution < 1.29 is 23.1 Å². The minimum atomic E-state index is -5.00. The number of halogens is 3. The number of hydrogen-bond acceptors (Lipinski definition) is 4. The molecule has 1 saturated carbocycles. The number of benzene rings is 1. The highest BCUT2D eigenvalue weighted by Gasteiger charge is 2.68. The zero-order valence-corrected chi connectivity index (χ0v) is 12.2. The Hall–Kier alpha value is -2.09. The van der Waals surface area contributed by atoms with Gasteiger partial charge < -0.3 is 10.8 Å². The Morgan fingerprint density at radius 1 is 1.30 bits per heavy atom. The second-order valence-corrected chi connectivity index (χ2v) is 5.85. The third kappa shape index (κ3) is 2.37. The standard InChI is InChI=1S/C15H16F3N3O2/c16-15(17,18)14(23)11-3-1-2-4-12(11)20-21(14)13(22)9-5-7-10(19)8-6-9/h5-8,11,23H,1-4,19H2. The van der Waals surface area contributed by atoms with Crippen LogP contribution in [0.3, 0.4) is 0 Å². The molecule has 0 bridgehead atoms. The van der Waals surface area contributed by atoms with Gasteiger partial charge in [0.25, 0.3) is 11.6 Å². The first-order valence-corrected chi connectivity index (χ1v) is 7.31. The number of hydrogen-bond donors (Lipinski definition) is 2. The Labute approximate surface area is 130 Å². The van der Waals surface area contributed by atoms with Gasteiger partial charge in [-0.25, -0.2) is 0 Å². The molecule has 0 radical (unpaired) electrons. The maximum absolute atomic E-state index is 13.6. The topological polar surface area (TPSA) is 78.9 Å². The van der Waals surface area contributed by atoms with Gasteiger partial charge in [-0.3, -0.25) is 4.79 Å². The molecular weight excluding hydrogens is 311 g/mol. The number of aliphatic hydroxyl groups is 1. The average Bonchev–Trinajstić information content (AvgIpc) is 2.82. The molecule has 1 aromatic rings. The van der Waals surface area contributed by atoms with Gasteiger partial charge in [0, 0.05) is 17.0 Å². The van der Waals surface area contributed by atoms with Gasteiger partial charge in [0.15, 0.2) is 0 Å². The molecule has 1 aromatic carbocycles. The van der Waals surface area contributed by atoms with E-state index < -0.39 is 23.7 Å². The normalized spacial score (nSPS) is 27.6. The van der Waals surface area contributed by atoms with Gasteiger partial charge in [0.2, 0.25) is 0 Å². The van der Waals surface area contributed by atoms with Gasteiger partial charge >= 0.3 is 6.18 Å². The zero-order chi connectivity index (χ0) is 16.8. The van der Waals surface area contributed by atoms with E-state index in [2.05, 4.69) is 5.10 Å². The number of nitrogens with two attached hydrogens (primary N) is 1. The monoisotopic (exact) mass is 327 g/mol. The fraction of sp³-hybridized carbons (Fsp3) is 0.467. The van der Waals surface area contributed by atoms with E-state index in [-0.39, 0.29) is 22.7 Å². The van der Waals surface area contributed by atoms with Crippen molar-refractivity contribution in [2.24, 2.45) is 11.0 Å². The lowest BCUT2D eigenvalue weighted by atomic mass is 9.80. The van der Waals surface area contributed by atoms with Crippen LogP contribution in [0.1, 0.15) is 36.0 Å². The van der Waals surface area contributed by atoms with Crippen LogP contribution in [0, 0.1) is 5.92 Å². The molecule has 0 spiro atoms. The van der Waals surface area contributed by atoms with Crippen LogP contribution in [0.25, 0.3) is 0 Å². The van der Waals surface area contributed by atoms with E-state index in [1.165, 1.54) is 24.3 Å². The lowest BCUT2D eigenvalue weighted by molar-refractivity contribution is -0.312. The van der Waals surface area contributed by atoms with Crippen LogP contribution in [-0.2, 0) is 0 Å². The van der Waals surface area contributed by atoms with Crippen molar-refractivity contribution in [2.75, 3.05) is 5.73 Å². The molecule has 23 heavy (non-hydrogen) atoms. The summed E-state index contributed by atoms with van der Waals surface area (Å²) >= 11 is 0. The number of nitrogens with zero attached hydrogens (tertiary/aromatic N) is 2. The summed E-state index contributed by atoms with van der Waals surface area (Å²) in [4.78, 5) is 12.5. The highest BCUT2D eigenvalue weighted by Crippen LogP contribution is 2.48. The molecule has 0 saturated heterocycles. The van der Waals surface area contributed by atoms with Crippen LogP contribution in [0.2, 0.25) is 0 Å². The fourth-order valence-electron chi connectivity index (χ4n) is 3.17. The summed E-state index contributed by atoms with van der Waals surface area (Å²) in [7, 11) is 0. The third-order valence-electron chi connectivity index (χ3n) is 4.38. The second-order valence-electron chi connectivity index (χ2n) is 5.85. The number of anilines is 1. The number of carbonyl (C=O) groups excluding carboxylic acids is 1. The number of rotatable bonds is 1. The molecule has 3 N–H and O–H groups in total. The zero-order valence-electron chi connectivity index (χ0n) is 12.2. The lowest BCUT2D eigenvalue weighted by Gasteiger charge is -2.38. The van der Waals surface area contributed by atoms with Gasteiger partial charge in [-0.1, -0.05) is 6.42 Å². The van der Waals surface area contributed by atoms with Gasteiger partial charge in [-0.15, -0.1) is 0 Å². The first-order chi connectivity index (χ1) is 10.7. The quantitative estimate of drug-likeness (QED) is 0.778. The Kier molecular flexibility index (Phi) is 3.59. The minimum Gasteiger partial charge on any atom is -0.399 e. The van der Waals surface area contributed by atoms with Crippen LogP contribution < -0.4 is 5.73 Å². The van der Waals surface area contributed by atoms with Crippen molar-refractivity contribution in [3.8, 4) is 0 Å². The van der Waals surface area contributed by atoms with E-state index in [4.69, 9.17) is 5.73 Å². The molecule has 1 aliphatic carbocycles. The van der Waals surface area contributed by atoms with Crippen molar-refractivity contribution in [3.63, 3.8) is 0 Å². The number of fused-ring (bicyclic) bond motifs is 1. The number of alkyl halides is 3. The van der Waals surface area contributed by atoms with Gasteiger partial charge in [-0.2, -0.15) is 23.3 Å². The molecule has 2 aliphatic rings. The summed E-state index contributed by atoms with van der Waals surface area (Å²) in [6.07, 6.45) is -3.22. The van der Waals surface area contributed by atoms with E-state index in [1.54, 1.807) is 0 Å². The number of nitrogen functional groups attached to an aromatic ring is 1. The van der Waals surface area contributed by atoms with Gasteiger partial charge in [0.05, 0.1) is 5.92 Å². The maximum Gasteiger partial charge on any atom is 0.439 e. The van der Waals surface area contributed by atoms with E-state index in [1.807, 2.05) is 0 Å². The molecule has 5 nitrogen and oxygen atoms in total. The summed E-state index contributed by atoms with van der Waals surface area (Å²) in [6, 6.07) is 5.46. The van der Waals surface area contributed by atoms with Crippen LogP contribution in [0.5, 0.6) is 0 Å². The number of amides is 1. The number of carbonyl (C=O) groups is 1. The lowest BCUT2D eigenvalue weighted by Crippen LogP contribution is -2.61. The predicted molar refractivity (Wildman–Crippen MR) is 77.4 cm³/mol.